The van der Waals surface area contributed by atoms with Crippen molar-refractivity contribution in [2.24, 2.45) is 0 Å². The molecule has 2 amide bonds. The number of nitrogens with zero attached hydrogens (tertiary/aromatic N) is 1. The van der Waals surface area contributed by atoms with Crippen molar-refractivity contribution in [2.45, 2.75) is 25.0 Å². The van der Waals surface area contributed by atoms with Crippen LogP contribution in [0, 0.1) is 0 Å². The lowest BCUT2D eigenvalue weighted by Gasteiger charge is -2.19. The summed E-state index contributed by atoms with van der Waals surface area (Å²) >= 11 is 7.26. The molecule has 162 valence electrons. The highest BCUT2D eigenvalue weighted by Crippen LogP contribution is 2.20. The van der Waals surface area contributed by atoms with E-state index >= 15 is 0 Å². The van der Waals surface area contributed by atoms with E-state index in [1.165, 1.54) is 11.3 Å². The molecule has 0 fully saturated rings. The van der Waals surface area contributed by atoms with Gasteiger partial charge in [-0.1, -0.05) is 54.1 Å². The number of thiazole rings is 1. The van der Waals surface area contributed by atoms with Gasteiger partial charge in [0.1, 0.15) is 6.10 Å². The largest absolute Gasteiger partial charge is 0.383 e. The minimum Gasteiger partial charge on any atom is -0.383 e. The van der Waals surface area contributed by atoms with E-state index in [1.807, 2.05) is 30.3 Å². The van der Waals surface area contributed by atoms with Crippen molar-refractivity contribution in [3.05, 3.63) is 81.8 Å². The Kier molecular flexibility index (Phi) is 8.00. The summed E-state index contributed by atoms with van der Waals surface area (Å²) in [6, 6.07) is 16.1. The number of hydrogen-bond donors (Lipinski definition) is 4. The molecule has 7 nitrogen and oxygen atoms in total. The van der Waals surface area contributed by atoms with Crippen LogP contribution in [0.25, 0.3) is 0 Å². The zero-order valence-electron chi connectivity index (χ0n) is 16.6. The Morgan fingerprint density at radius 3 is 2.42 bits per heavy atom. The number of aliphatic hydroxyl groups is 1. The van der Waals surface area contributed by atoms with Crippen LogP contribution in [0.5, 0.6) is 0 Å². The summed E-state index contributed by atoms with van der Waals surface area (Å²) in [4.78, 5) is 30.1. The molecule has 1 heterocycles. The molecule has 2 atom stereocenters. The van der Waals surface area contributed by atoms with E-state index in [-0.39, 0.29) is 25.4 Å². The molecule has 0 radical (unpaired) electrons. The number of amides is 2. The van der Waals surface area contributed by atoms with E-state index in [9.17, 15) is 14.7 Å². The number of aromatic nitrogens is 1. The predicted octanol–water partition coefficient (Wildman–Crippen LogP) is 2.50. The second-order valence-electron chi connectivity index (χ2n) is 6.94. The van der Waals surface area contributed by atoms with Gasteiger partial charge in [-0.2, -0.15) is 0 Å². The van der Waals surface area contributed by atoms with Crippen LogP contribution >= 0.6 is 22.9 Å². The van der Waals surface area contributed by atoms with E-state index in [0.717, 1.165) is 10.4 Å². The molecular weight excluding hydrogens is 436 g/mol. The topological polar surface area (TPSA) is 117 Å². The maximum atomic E-state index is 12.9. The Labute approximate surface area is 189 Å². The number of carbonyl (C=O) groups excluding carboxylic acids is 2. The highest BCUT2D eigenvalue weighted by atomic mass is 35.5. The minimum atomic E-state index is -1.21. The first kappa shape index (κ1) is 22.7. The molecule has 3 aromatic rings. The normalized spacial score (nSPS) is 12.7. The molecule has 2 aromatic carbocycles. The molecule has 0 saturated heterocycles. The molecule has 0 aliphatic heterocycles. The first-order valence-corrected chi connectivity index (χ1v) is 10.8. The highest BCUT2D eigenvalue weighted by Gasteiger charge is 2.23. The van der Waals surface area contributed by atoms with Crippen molar-refractivity contribution in [1.29, 1.82) is 0 Å². The number of anilines is 1. The van der Waals surface area contributed by atoms with Crippen LogP contribution in [-0.2, 0) is 22.6 Å². The van der Waals surface area contributed by atoms with Gasteiger partial charge in [-0.3, -0.25) is 9.59 Å². The zero-order valence-corrected chi connectivity index (χ0v) is 18.2. The quantitative estimate of drug-likeness (QED) is 0.393. The third-order valence-electron chi connectivity index (χ3n) is 4.65. The van der Waals surface area contributed by atoms with Crippen molar-refractivity contribution in [2.75, 3.05) is 12.3 Å². The van der Waals surface area contributed by atoms with Crippen LogP contribution in [0.4, 0.5) is 5.13 Å². The number of halogens is 1. The van der Waals surface area contributed by atoms with E-state index in [1.54, 1.807) is 30.5 Å². The van der Waals surface area contributed by atoms with Gasteiger partial charge in [0.2, 0.25) is 11.8 Å². The monoisotopic (exact) mass is 458 g/mol. The molecule has 0 spiro atoms. The van der Waals surface area contributed by atoms with Crippen LogP contribution < -0.4 is 16.4 Å². The SMILES string of the molecule is Nc1ncc(CNC(=O)[C@@H](CNC(=O)[C@H](O)Cc2ccccc2)c2ccc(Cl)cc2)s1. The van der Waals surface area contributed by atoms with Crippen molar-refractivity contribution in [3.63, 3.8) is 0 Å². The Balaban J connectivity index is 1.63. The Bertz CT molecular complexity index is 1010. The second-order valence-corrected chi connectivity index (χ2v) is 8.52. The summed E-state index contributed by atoms with van der Waals surface area (Å²) in [5.74, 6) is -1.46. The molecule has 0 aliphatic rings. The van der Waals surface area contributed by atoms with Gasteiger partial charge in [-0.25, -0.2) is 4.98 Å². The number of benzene rings is 2. The van der Waals surface area contributed by atoms with E-state index in [4.69, 9.17) is 17.3 Å². The lowest BCUT2D eigenvalue weighted by Crippen LogP contribution is -2.41. The summed E-state index contributed by atoms with van der Waals surface area (Å²) in [5.41, 5.74) is 7.17. The number of rotatable bonds is 9. The average Bonchev–Trinajstić information content (AvgIpc) is 3.19. The second kappa shape index (κ2) is 10.9. The number of nitrogens with two attached hydrogens (primary N) is 1. The molecule has 5 N–H and O–H groups in total. The van der Waals surface area contributed by atoms with Crippen LogP contribution in [0.3, 0.4) is 0 Å². The molecule has 1 aromatic heterocycles. The maximum Gasteiger partial charge on any atom is 0.249 e. The van der Waals surface area contributed by atoms with E-state index < -0.39 is 17.9 Å². The molecule has 3 rings (SSSR count). The van der Waals surface area contributed by atoms with Crippen LogP contribution in [0.15, 0.2) is 60.8 Å². The van der Waals surface area contributed by atoms with Crippen molar-refractivity contribution in [1.82, 2.24) is 15.6 Å². The average molecular weight is 459 g/mol. The molecule has 31 heavy (non-hydrogen) atoms. The van der Waals surface area contributed by atoms with Gasteiger partial charge >= 0.3 is 0 Å². The summed E-state index contributed by atoms with van der Waals surface area (Å²) in [6.07, 6.45) is 0.591. The maximum absolute atomic E-state index is 12.9. The standard InChI is InChI=1S/C22H23ClN4O3S/c23-16-8-6-15(7-9-16)18(20(29)25-11-17-12-27-22(24)31-17)13-26-21(30)19(28)10-14-4-2-1-3-5-14/h1-9,12,18-19,28H,10-11,13H2,(H2,24,27)(H,25,29)(H,26,30)/t18-,19+/m0/s1. The van der Waals surface area contributed by atoms with Crippen LogP contribution in [0.2, 0.25) is 5.02 Å². The Morgan fingerprint density at radius 1 is 1.06 bits per heavy atom. The van der Waals surface area contributed by atoms with Crippen molar-refractivity contribution < 1.29 is 14.7 Å². The molecule has 0 aliphatic carbocycles. The Morgan fingerprint density at radius 2 is 1.77 bits per heavy atom. The summed E-state index contributed by atoms with van der Waals surface area (Å²) in [7, 11) is 0. The molecular formula is C22H23ClN4O3S. The van der Waals surface area contributed by atoms with Crippen molar-refractivity contribution >= 4 is 39.9 Å². The molecule has 0 bridgehead atoms. The lowest BCUT2D eigenvalue weighted by atomic mass is 9.97. The summed E-state index contributed by atoms with van der Waals surface area (Å²) < 4.78 is 0. The third kappa shape index (κ3) is 6.78. The fourth-order valence-corrected chi connectivity index (χ4v) is 3.76. The fourth-order valence-electron chi connectivity index (χ4n) is 3.01. The molecule has 9 heteroatoms. The first-order valence-electron chi connectivity index (χ1n) is 9.65. The van der Waals surface area contributed by atoms with Gasteiger partial charge in [-0.15, -0.1) is 11.3 Å². The zero-order chi connectivity index (χ0) is 22.2. The van der Waals surface area contributed by atoms with Gasteiger partial charge in [0.25, 0.3) is 0 Å². The fraction of sp³-hybridized carbons (Fsp3) is 0.227. The first-order chi connectivity index (χ1) is 14.9. The molecule has 0 saturated carbocycles. The van der Waals surface area contributed by atoms with Crippen LogP contribution in [0.1, 0.15) is 21.9 Å². The lowest BCUT2D eigenvalue weighted by molar-refractivity contribution is -0.129. The van der Waals surface area contributed by atoms with Gasteiger partial charge in [-0.05, 0) is 23.3 Å². The number of aliphatic hydroxyl groups excluding tert-OH is 1. The minimum absolute atomic E-state index is 0.0307. The molecule has 0 unspecified atom stereocenters. The highest BCUT2D eigenvalue weighted by molar-refractivity contribution is 7.15. The van der Waals surface area contributed by atoms with Gasteiger partial charge in [0.05, 0.1) is 12.5 Å². The van der Waals surface area contributed by atoms with Gasteiger partial charge < -0.3 is 21.5 Å². The van der Waals surface area contributed by atoms with E-state index in [0.29, 0.717) is 15.7 Å². The smallest absolute Gasteiger partial charge is 0.249 e. The van der Waals surface area contributed by atoms with Crippen LogP contribution in [-0.4, -0.2) is 34.6 Å². The van der Waals surface area contributed by atoms with Gasteiger partial charge in [0, 0.05) is 29.1 Å². The Hall–Kier alpha value is -2.94. The number of hydrogen-bond acceptors (Lipinski definition) is 6. The predicted molar refractivity (Wildman–Crippen MR) is 122 cm³/mol. The summed E-state index contributed by atoms with van der Waals surface area (Å²) in [6.45, 7) is 0.311. The number of carbonyl (C=O) groups is 2. The number of nitrogens with one attached hydrogen (secondary N) is 2. The van der Waals surface area contributed by atoms with E-state index in [2.05, 4.69) is 15.6 Å². The van der Waals surface area contributed by atoms with Crippen molar-refractivity contribution in [3.8, 4) is 0 Å². The van der Waals surface area contributed by atoms with Gasteiger partial charge in [0.15, 0.2) is 5.13 Å². The summed E-state index contributed by atoms with van der Waals surface area (Å²) in [5, 5.41) is 16.7. The number of nitrogen functional groups attached to an aromatic ring is 1. The third-order valence-corrected chi connectivity index (χ3v) is 5.73.